The molecule has 3 atom stereocenters. The molecule has 2 aromatic rings. The van der Waals surface area contributed by atoms with Gasteiger partial charge in [-0.15, -0.1) is 0 Å². The maximum absolute atomic E-state index is 12.5. The van der Waals surface area contributed by atoms with Crippen LogP contribution in [-0.2, 0) is 4.79 Å². The molecule has 0 radical (unpaired) electrons. The lowest BCUT2D eigenvalue weighted by Crippen LogP contribution is -2.50. The Balaban J connectivity index is 1.89. The molecule has 0 spiro atoms. The summed E-state index contributed by atoms with van der Waals surface area (Å²) in [6, 6.07) is 11.6. The first-order chi connectivity index (χ1) is 12.8. The van der Waals surface area contributed by atoms with E-state index in [1.165, 1.54) is 13.8 Å². The second-order valence-electron chi connectivity index (χ2n) is 7.45. The average Bonchev–Trinajstić information content (AvgIpc) is 3.05. The smallest absolute Gasteiger partial charge is 0.231 e. The first kappa shape index (κ1) is 17.7. The number of Topliss-reactive ketones (excluding diaryl/α,β-unsaturated/α-hetero) is 1. The highest BCUT2D eigenvalue weighted by atomic mass is 16.7. The van der Waals surface area contributed by atoms with E-state index in [0.29, 0.717) is 17.2 Å². The molecule has 2 aliphatic heterocycles. The number of nitrogens with zero attached hydrogens (tertiary/aromatic N) is 1. The van der Waals surface area contributed by atoms with Gasteiger partial charge in [-0.25, -0.2) is 0 Å². The second kappa shape index (κ2) is 6.16. The maximum Gasteiger partial charge on any atom is 0.231 e. The molecule has 1 N–H and O–H groups in total. The fraction of sp³-hybridized carbons (Fsp3) is 0.381. The minimum absolute atomic E-state index is 0.134. The third-order valence-corrected chi connectivity index (χ3v) is 5.27. The van der Waals surface area contributed by atoms with Crippen LogP contribution >= 0.6 is 0 Å². The van der Waals surface area contributed by atoms with E-state index < -0.39 is 11.7 Å². The molecule has 0 fully saturated rings. The Morgan fingerprint density at radius 2 is 1.74 bits per heavy atom. The molecule has 0 aromatic heterocycles. The van der Waals surface area contributed by atoms with Gasteiger partial charge >= 0.3 is 0 Å². The summed E-state index contributed by atoms with van der Waals surface area (Å²) in [7, 11) is 3.95. The van der Waals surface area contributed by atoms with Crippen molar-refractivity contribution in [2.45, 2.75) is 25.6 Å². The van der Waals surface area contributed by atoms with Crippen molar-refractivity contribution in [1.82, 2.24) is 0 Å². The second-order valence-corrected chi connectivity index (χ2v) is 7.45. The normalized spacial score (nSPS) is 25.5. The molecule has 2 heterocycles. The number of aliphatic hydroxyl groups is 1. The van der Waals surface area contributed by atoms with E-state index in [-0.39, 0.29) is 18.5 Å². The number of ether oxygens (including phenoxy) is 3. The lowest BCUT2D eigenvalue weighted by molar-refractivity contribution is -0.181. The molecular formula is C21H23NO5. The number of anilines is 1. The largest absolute Gasteiger partial charge is 0.462 e. The Hall–Kier alpha value is -2.73. The lowest BCUT2D eigenvalue weighted by Gasteiger charge is -2.42. The van der Waals surface area contributed by atoms with Crippen molar-refractivity contribution in [1.29, 1.82) is 0 Å². The summed E-state index contributed by atoms with van der Waals surface area (Å²) in [6.45, 7) is 3.17. The molecule has 0 aliphatic carbocycles. The highest BCUT2D eigenvalue weighted by Crippen LogP contribution is 2.51. The Kier molecular flexibility index (Phi) is 4.03. The molecule has 27 heavy (non-hydrogen) atoms. The van der Waals surface area contributed by atoms with E-state index in [0.717, 1.165) is 16.8 Å². The Morgan fingerprint density at radius 3 is 2.33 bits per heavy atom. The SMILES string of the molecule is CC(=O)[C@@H]1[C@@H](c2ccc(N(C)C)cc2)c2cc3c(cc2O[C@@]1(C)O)OCO3. The van der Waals surface area contributed by atoms with Gasteiger partial charge in [-0.3, -0.25) is 4.79 Å². The number of hydrogen-bond donors (Lipinski definition) is 1. The van der Waals surface area contributed by atoms with Gasteiger partial charge in [-0.05, 0) is 30.7 Å². The molecule has 2 aromatic carbocycles. The highest BCUT2D eigenvalue weighted by molar-refractivity contribution is 5.82. The van der Waals surface area contributed by atoms with Gasteiger partial charge in [-0.2, -0.15) is 0 Å². The third-order valence-electron chi connectivity index (χ3n) is 5.27. The number of benzene rings is 2. The fourth-order valence-corrected chi connectivity index (χ4v) is 4.01. The standard InChI is InChI=1S/C21H23NO5/c1-12(23)20-19(13-5-7-14(8-6-13)22(3)4)15-9-17-18(26-11-25-17)10-16(15)27-21(20,2)24/h5-10,19-20,24H,11H2,1-4H3/t19-,20+,21+/m0/s1. The molecular weight excluding hydrogens is 346 g/mol. The fourth-order valence-electron chi connectivity index (χ4n) is 4.01. The first-order valence-corrected chi connectivity index (χ1v) is 8.90. The van der Waals surface area contributed by atoms with Crippen LogP contribution in [0.4, 0.5) is 5.69 Å². The van der Waals surface area contributed by atoms with Gasteiger partial charge < -0.3 is 24.2 Å². The van der Waals surface area contributed by atoms with Gasteiger partial charge in [0.15, 0.2) is 11.5 Å². The predicted molar refractivity (Wildman–Crippen MR) is 101 cm³/mol. The zero-order chi connectivity index (χ0) is 19.3. The summed E-state index contributed by atoms with van der Waals surface area (Å²) in [5, 5.41) is 11.0. The first-order valence-electron chi connectivity index (χ1n) is 8.90. The van der Waals surface area contributed by atoms with E-state index >= 15 is 0 Å². The van der Waals surface area contributed by atoms with Crippen LogP contribution in [0.3, 0.4) is 0 Å². The third kappa shape index (κ3) is 2.90. The van der Waals surface area contributed by atoms with Crippen molar-refractivity contribution in [3.8, 4) is 17.2 Å². The van der Waals surface area contributed by atoms with Gasteiger partial charge in [0.2, 0.25) is 12.6 Å². The summed E-state index contributed by atoms with van der Waals surface area (Å²) in [5.74, 6) is -1.16. The van der Waals surface area contributed by atoms with Crippen molar-refractivity contribution in [2.24, 2.45) is 5.92 Å². The Labute approximate surface area is 158 Å². The molecule has 0 unspecified atom stereocenters. The molecule has 2 aliphatic rings. The number of carbonyl (C=O) groups is 1. The predicted octanol–water partition coefficient (Wildman–Crippen LogP) is 2.92. The number of hydrogen-bond acceptors (Lipinski definition) is 6. The van der Waals surface area contributed by atoms with Crippen molar-refractivity contribution in [3.63, 3.8) is 0 Å². The van der Waals surface area contributed by atoms with Crippen LogP contribution in [-0.4, -0.2) is 37.6 Å². The summed E-state index contributed by atoms with van der Waals surface area (Å²) in [5.41, 5.74) is 2.80. The van der Waals surface area contributed by atoms with Crippen molar-refractivity contribution in [2.75, 3.05) is 25.8 Å². The Morgan fingerprint density at radius 1 is 1.11 bits per heavy atom. The summed E-state index contributed by atoms with van der Waals surface area (Å²) < 4.78 is 16.8. The zero-order valence-corrected chi connectivity index (χ0v) is 15.9. The lowest BCUT2D eigenvalue weighted by atomic mass is 9.72. The van der Waals surface area contributed by atoms with Gasteiger partial charge in [0.05, 0.1) is 5.92 Å². The number of rotatable bonds is 3. The van der Waals surface area contributed by atoms with Crippen LogP contribution in [0.1, 0.15) is 30.9 Å². The summed E-state index contributed by atoms with van der Waals surface area (Å²) >= 11 is 0. The van der Waals surface area contributed by atoms with E-state index in [4.69, 9.17) is 14.2 Å². The molecule has 6 heteroatoms. The molecule has 142 valence electrons. The molecule has 0 amide bonds. The van der Waals surface area contributed by atoms with Crippen LogP contribution in [0.15, 0.2) is 36.4 Å². The van der Waals surface area contributed by atoms with Crippen molar-refractivity contribution >= 4 is 11.5 Å². The van der Waals surface area contributed by atoms with E-state index in [2.05, 4.69) is 0 Å². The van der Waals surface area contributed by atoms with Crippen LogP contribution in [0, 0.1) is 5.92 Å². The molecule has 0 saturated heterocycles. The monoisotopic (exact) mass is 369 g/mol. The number of ketones is 1. The topological polar surface area (TPSA) is 68.2 Å². The van der Waals surface area contributed by atoms with Crippen molar-refractivity contribution in [3.05, 3.63) is 47.5 Å². The zero-order valence-electron chi connectivity index (χ0n) is 15.9. The van der Waals surface area contributed by atoms with Gasteiger partial charge in [0.25, 0.3) is 0 Å². The van der Waals surface area contributed by atoms with Crippen molar-refractivity contribution < 1.29 is 24.1 Å². The maximum atomic E-state index is 12.5. The summed E-state index contributed by atoms with van der Waals surface area (Å²) in [6.07, 6.45) is 0. The quantitative estimate of drug-likeness (QED) is 0.897. The molecule has 6 nitrogen and oxygen atoms in total. The summed E-state index contributed by atoms with van der Waals surface area (Å²) in [4.78, 5) is 14.5. The number of fused-ring (bicyclic) bond motifs is 2. The minimum Gasteiger partial charge on any atom is -0.462 e. The van der Waals surface area contributed by atoms with E-state index in [9.17, 15) is 9.90 Å². The Bertz CT molecular complexity index is 888. The van der Waals surface area contributed by atoms with E-state index in [1.807, 2.05) is 49.3 Å². The van der Waals surface area contributed by atoms with Crippen LogP contribution < -0.4 is 19.1 Å². The average molecular weight is 369 g/mol. The van der Waals surface area contributed by atoms with E-state index in [1.54, 1.807) is 6.07 Å². The van der Waals surface area contributed by atoms with Gasteiger partial charge in [0.1, 0.15) is 11.5 Å². The minimum atomic E-state index is -1.63. The molecule has 0 bridgehead atoms. The molecule has 4 rings (SSSR count). The molecule has 0 saturated carbocycles. The van der Waals surface area contributed by atoms with Gasteiger partial charge in [-0.1, -0.05) is 12.1 Å². The van der Waals surface area contributed by atoms with Crippen LogP contribution in [0.2, 0.25) is 0 Å². The number of carbonyl (C=O) groups excluding carboxylic acids is 1. The highest BCUT2D eigenvalue weighted by Gasteiger charge is 2.49. The van der Waals surface area contributed by atoms with Crippen LogP contribution in [0.25, 0.3) is 0 Å². The van der Waals surface area contributed by atoms with Gasteiger partial charge in [0, 0.05) is 44.3 Å². The van der Waals surface area contributed by atoms with Crippen LogP contribution in [0.5, 0.6) is 17.2 Å².